The van der Waals surface area contributed by atoms with Gasteiger partial charge >= 0.3 is 17.9 Å². The molecular weight excluding hydrogens is 937 g/mol. The zero-order chi connectivity index (χ0) is 55.0. The molecule has 76 heavy (non-hydrogen) atoms. The maximum Gasteiger partial charge on any atom is 0.306 e. The lowest BCUT2D eigenvalue weighted by Crippen LogP contribution is -2.30. The molecule has 0 fully saturated rings. The van der Waals surface area contributed by atoms with E-state index in [1.54, 1.807) is 0 Å². The lowest BCUT2D eigenvalue weighted by Gasteiger charge is -2.18. The maximum atomic E-state index is 12.9. The number of unbranched alkanes of at least 4 members (excludes halogenated alkanes) is 37. The van der Waals surface area contributed by atoms with Crippen LogP contribution in [0.15, 0.2) is 72.9 Å². The maximum absolute atomic E-state index is 12.9. The Bertz CT molecular complexity index is 1400. The van der Waals surface area contributed by atoms with Crippen molar-refractivity contribution in [1.82, 2.24) is 0 Å². The van der Waals surface area contributed by atoms with Crippen LogP contribution < -0.4 is 0 Å². The zero-order valence-corrected chi connectivity index (χ0v) is 50.5. The second-order valence-corrected chi connectivity index (χ2v) is 22.0. The molecule has 1 unspecified atom stereocenters. The Morgan fingerprint density at radius 3 is 0.816 bits per heavy atom. The summed E-state index contributed by atoms with van der Waals surface area (Å²) in [4.78, 5) is 38.2. The molecule has 0 saturated carbocycles. The third-order valence-electron chi connectivity index (χ3n) is 14.4. The van der Waals surface area contributed by atoms with Crippen molar-refractivity contribution in [1.29, 1.82) is 0 Å². The second kappa shape index (κ2) is 64.4. The van der Waals surface area contributed by atoms with Crippen LogP contribution in [0.25, 0.3) is 0 Å². The molecule has 0 aromatic heterocycles. The number of esters is 3. The fraction of sp³-hybridized carbons (Fsp3) is 0.786. The molecule has 440 valence electrons. The summed E-state index contributed by atoms with van der Waals surface area (Å²) in [6.07, 6.45) is 83.6. The quantitative estimate of drug-likeness (QED) is 0.0261. The standard InChI is InChI=1S/C70H124O6/c1-4-7-10-13-16-19-22-24-26-27-28-29-30-31-32-33-34-35-36-37-38-39-40-41-42-43-45-46-48-51-54-57-60-63-69(72)75-66-67(65-74-68(71)62-59-56-53-50-21-18-15-12-9-6-3)76-70(73)64-61-58-55-52-49-47-44-25-23-20-17-14-11-8-5-2/h7,10,16,19,24-26,28-29,31-32,44,67H,4-6,8-9,11-15,17-18,20-23,27,30,33-43,45-66H2,1-3H3/b10-7-,19-16-,26-24-,29-28-,32-31-,44-25-. The van der Waals surface area contributed by atoms with Gasteiger partial charge in [0, 0.05) is 19.3 Å². The van der Waals surface area contributed by atoms with Crippen molar-refractivity contribution >= 4 is 17.9 Å². The Kier molecular flexibility index (Phi) is 61.7. The highest BCUT2D eigenvalue weighted by molar-refractivity contribution is 5.71. The summed E-state index contributed by atoms with van der Waals surface area (Å²) in [6.45, 7) is 6.54. The van der Waals surface area contributed by atoms with Gasteiger partial charge < -0.3 is 14.2 Å². The summed E-state index contributed by atoms with van der Waals surface area (Å²) in [6, 6.07) is 0. The van der Waals surface area contributed by atoms with E-state index in [1.165, 1.54) is 199 Å². The lowest BCUT2D eigenvalue weighted by atomic mass is 10.0. The minimum Gasteiger partial charge on any atom is -0.462 e. The molecule has 0 rings (SSSR count). The van der Waals surface area contributed by atoms with E-state index in [1.807, 2.05) is 0 Å². The summed E-state index contributed by atoms with van der Waals surface area (Å²) < 4.78 is 16.9. The molecule has 0 amide bonds. The molecule has 0 spiro atoms. The number of carbonyl (C=O) groups excluding carboxylic acids is 3. The monoisotopic (exact) mass is 1060 g/mol. The van der Waals surface area contributed by atoms with Crippen LogP contribution in [0.4, 0.5) is 0 Å². The third-order valence-corrected chi connectivity index (χ3v) is 14.4. The van der Waals surface area contributed by atoms with Gasteiger partial charge in [-0.05, 0) is 89.9 Å². The molecule has 0 saturated heterocycles. The number of hydrogen-bond acceptors (Lipinski definition) is 6. The van der Waals surface area contributed by atoms with Crippen molar-refractivity contribution < 1.29 is 28.6 Å². The summed E-state index contributed by atoms with van der Waals surface area (Å²) in [5, 5.41) is 0. The SMILES string of the molecule is CC/C=C\C/C=C\C/C=C\C/C=C\C/C=C\CCCCCCCCCCCCCCCCCCCC(=O)OCC(COC(=O)CCCCCCCCCCCC)OC(=O)CCCCCCC/C=C\CCCCCCCC. The Balaban J connectivity index is 4.08. The van der Waals surface area contributed by atoms with E-state index in [4.69, 9.17) is 14.2 Å². The van der Waals surface area contributed by atoms with Gasteiger partial charge in [0.15, 0.2) is 6.10 Å². The molecule has 0 radical (unpaired) electrons. The first kappa shape index (κ1) is 72.8. The number of hydrogen-bond donors (Lipinski definition) is 0. The molecule has 0 bridgehead atoms. The van der Waals surface area contributed by atoms with Gasteiger partial charge in [-0.3, -0.25) is 14.4 Å². The highest BCUT2D eigenvalue weighted by Gasteiger charge is 2.19. The van der Waals surface area contributed by atoms with E-state index in [0.717, 1.165) is 96.3 Å². The predicted octanol–water partition coefficient (Wildman–Crippen LogP) is 22.5. The molecule has 0 aliphatic carbocycles. The molecule has 0 N–H and O–H groups in total. The van der Waals surface area contributed by atoms with Crippen molar-refractivity contribution in [3.63, 3.8) is 0 Å². The van der Waals surface area contributed by atoms with E-state index < -0.39 is 6.10 Å². The molecule has 0 aliphatic heterocycles. The molecular formula is C70H124O6. The van der Waals surface area contributed by atoms with Gasteiger partial charge in [-0.25, -0.2) is 0 Å². The Morgan fingerprint density at radius 1 is 0.276 bits per heavy atom. The molecule has 0 aromatic rings. The van der Waals surface area contributed by atoms with Crippen LogP contribution in [-0.4, -0.2) is 37.2 Å². The summed E-state index contributed by atoms with van der Waals surface area (Å²) in [5.74, 6) is -0.867. The first-order chi connectivity index (χ1) is 37.5. The fourth-order valence-electron chi connectivity index (χ4n) is 9.53. The smallest absolute Gasteiger partial charge is 0.306 e. The number of rotatable bonds is 60. The van der Waals surface area contributed by atoms with Crippen molar-refractivity contribution in [3.8, 4) is 0 Å². The van der Waals surface area contributed by atoms with Gasteiger partial charge in [-0.15, -0.1) is 0 Å². The fourth-order valence-corrected chi connectivity index (χ4v) is 9.53. The van der Waals surface area contributed by atoms with Crippen LogP contribution in [0.1, 0.15) is 335 Å². The van der Waals surface area contributed by atoms with Crippen LogP contribution in [0.2, 0.25) is 0 Å². The predicted molar refractivity (Wildman–Crippen MR) is 330 cm³/mol. The van der Waals surface area contributed by atoms with E-state index in [-0.39, 0.29) is 31.1 Å². The van der Waals surface area contributed by atoms with Crippen LogP contribution >= 0.6 is 0 Å². The largest absolute Gasteiger partial charge is 0.462 e. The van der Waals surface area contributed by atoms with Crippen molar-refractivity contribution in [3.05, 3.63) is 72.9 Å². The zero-order valence-electron chi connectivity index (χ0n) is 50.5. The highest BCUT2D eigenvalue weighted by atomic mass is 16.6. The van der Waals surface area contributed by atoms with Crippen LogP contribution in [0.5, 0.6) is 0 Å². The van der Waals surface area contributed by atoms with E-state index in [0.29, 0.717) is 19.3 Å². The van der Waals surface area contributed by atoms with Crippen LogP contribution in [0.3, 0.4) is 0 Å². The molecule has 0 aromatic carbocycles. The van der Waals surface area contributed by atoms with Gasteiger partial charge in [-0.1, -0.05) is 299 Å². The minimum atomic E-state index is -0.775. The molecule has 1 atom stereocenters. The number of carbonyl (C=O) groups is 3. The van der Waals surface area contributed by atoms with E-state index in [2.05, 4.69) is 93.7 Å². The average molecular weight is 1060 g/mol. The normalized spacial score (nSPS) is 12.5. The topological polar surface area (TPSA) is 78.9 Å². The molecule has 6 heteroatoms. The summed E-state index contributed by atoms with van der Waals surface area (Å²) >= 11 is 0. The van der Waals surface area contributed by atoms with Gasteiger partial charge in [0.1, 0.15) is 13.2 Å². The van der Waals surface area contributed by atoms with Crippen LogP contribution in [-0.2, 0) is 28.6 Å². The number of ether oxygens (including phenoxy) is 3. The summed E-state index contributed by atoms with van der Waals surface area (Å²) in [7, 11) is 0. The van der Waals surface area contributed by atoms with Gasteiger partial charge in [-0.2, -0.15) is 0 Å². The van der Waals surface area contributed by atoms with Gasteiger partial charge in [0.25, 0.3) is 0 Å². The molecule has 0 aliphatic rings. The average Bonchev–Trinajstić information content (AvgIpc) is 3.42. The van der Waals surface area contributed by atoms with Crippen molar-refractivity contribution in [2.75, 3.05) is 13.2 Å². The van der Waals surface area contributed by atoms with E-state index >= 15 is 0 Å². The summed E-state index contributed by atoms with van der Waals surface area (Å²) in [5.41, 5.74) is 0. The minimum absolute atomic E-state index is 0.0731. The molecule has 0 heterocycles. The van der Waals surface area contributed by atoms with Gasteiger partial charge in [0.2, 0.25) is 0 Å². The van der Waals surface area contributed by atoms with Crippen molar-refractivity contribution in [2.45, 2.75) is 341 Å². The van der Waals surface area contributed by atoms with E-state index in [9.17, 15) is 14.4 Å². The lowest BCUT2D eigenvalue weighted by molar-refractivity contribution is -0.167. The Morgan fingerprint density at radius 2 is 0.513 bits per heavy atom. The third kappa shape index (κ3) is 61.7. The first-order valence-electron chi connectivity index (χ1n) is 32.9. The second-order valence-electron chi connectivity index (χ2n) is 22.0. The Labute approximate surface area is 472 Å². The Hall–Kier alpha value is -3.15. The number of allylic oxidation sites excluding steroid dienone is 12. The van der Waals surface area contributed by atoms with Crippen LogP contribution in [0, 0.1) is 0 Å². The highest BCUT2D eigenvalue weighted by Crippen LogP contribution is 2.17. The molecule has 6 nitrogen and oxygen atoms in total. The van der Waals surface area contributed by atoms with Gasteiger partial charge in [0.05, 0.1) is 0 Å². The first-order valence-corrected chi connectivity index (χ1v) is 32.9. The van der Waals surface area contributed by atoms with Crippen molar-refractivity contribution in [2.24, 2.45) is 0 Å².